The van der Waals surface area contributed by atoms with Gasteiger partial charge in [-0.2, -0.15) is 0 Å². The van der Waals surface area contributed by atoms with Gasteiger partial charge in [0.25, 0.3) is 0 Å². The average Bonchev–Trinajstić information content (AvgIpc) is 2.77. The maximum absolute atomic E-state index is 14.7. The summed E-state index contributed by atoms with van der Waals surface area (Å²) in [5, 5.41) is 0. The summed E-state index contributed by atoms with van der Waals surface area (Å²) in [6.07, 6.45) is 2.83. The third-order valence-electron chi connectivity index (χ3n) is 5.02. The first-order valence-corrected chi connectivity index (χ1v) is 9.79. The van der Waals surface area contributed by atoms with Gasteiger partial charge in [-0.05, 0) is 41.8 Å². The highest BCUT2D eigenvalue weighted by Gasteiger charge is 2.13. The number of rotatable bonds is 7. The van der Waals surface area contributed by atoms with E-state index in [1.54, 1.807) is 67.5 Å². The van der Waals surface area contributed by atoms with Crippen LogP contribution in [0.5, 0.6) is 0 Å². The molecule has 0 atom stereocenters. The van der Waals surface area contributed by atoms with Crippen LogP contribution in [0.2, 0.25) is 0 Å². The Morgan fingerprint density at radius 2 is 1.80 bits per heavy atom. The summed E-state index contributed by atoms with van der Waals surface area (Å²) >= 11 is 0. The molecule has 2 aromatic carbocycles. The molecule has 0 fully saturated rings. The van der Waals surface area contributed by atoms with E-state index in [1.165, 1.54) is 6.07 Å². The lowest BCUT2D eigenvalue weighted by atomic mass is 9.99. The standard InChI is InChI=1S/C24H24FN3O2/c1-3-24(30)28(2)19-9-6-17(7-10-19)20-11-8-18(14-21(20)25)22(29)12-4-16-5-13-23(26)27-15-16/h5-11,13-15H,3-4,12H2,1-2H3,(H2,26,27). The molecule has 5 nitrogen and oxygen atoms in total. The highest BCUT2D eigenvalue weighted by molar-refractivity contribution is 5.96. The summed E-state index contributed by atoms with van der Waals surface area (Å²) < 4.78 is 14.7. The molecule has 0 spiro atoms. The van der Waals surface area contributed by atoms with Crippen molar-refractivity contribution >= 4 is 23.2 Å². The Bertz CT molecular complexity index is 1050. The molecule has 1 heterocycles. The topological polar surface area (TPSA) is 76.3 Å². The SMILES string of the molecule is CCC(=O)N(C)c1ccc(-c2ccc(C(=O)CCc3ccc(N)nc3)cc2F)cc1. The van der Waals surface area contributed by atoms with Crippen LogP contribution in [-0.4, -0.2) is 23.7 Å². The number of pyridine rings is 1. The summed E-state index contributed by atoms with van der Waals surface area (Å²) in [7, 11) is 1.71. The largest absolute Gasteiger partial charge is 0.384 e. The van der Waals surface area contributed by atoms with Crippen molar-refractivity contribution < 1.29 is 14.0 Å². The minimum atomic E-state index is -0.458. The van der Waals surface area contributed by atoms with Crippen molar-refractivity contribution in [2.45, 2.75) is 26.2 Å². The van der Waals surface area contributed by atoms with Gasteiger partial charge in [-0.15, -0.1) is 0 Å². The van der Waals surface area contributed by atoms with E-state index in [0.29, 0.717) is 35.3 Å². The Kier molecular flexibility index (Phi) is 6.57. The lowest BCUT2D eigenvalue weighted by Gasteiger charge is -2.17. The van der Waals surface area contributed by atoms with Gasteiger partial charge in [0.1, 0.15) is 11.6 Å². The summed E-state index contributed by atoms with van der Waals surface area (Å²) in [6, 6.07) is 15.1. The van der Waals surface area contributed by atoms with E-state index >= 15 is 0 Å². The fourth-order valence-electron chi connectivity index (χ4n) is 3.15. The predicted molar refractivity (Wildman–Crippen MR) is 117 cm³/mol. The van der Waals surface area contributed by atoms with Gasteiger partial charge in [-0.25, -0.2) is 9.37 Å². The number of nitrogen functional groups attached to an aromatic ring is 1. The van der Waals surface area contributed by atoms with Crippen LogP contribution < -0.4 is 10.6 Å². The number of amides is 1. The zero-order chi connectivity index (χ0) is 21.7. The number of aryl methyl sites for hydroxylation is 1. The first-order valence-electron chi connectivity index (χ1n) is 9.79. The number of carbonyl (C=O) groups excluding carboxylic acids is 2. The minimum absolute atomic E-state index is 0.00606. The van der Waals surface area contributed by atoms with E-state index in [2.05, 4.69) is 4.98 Å². The monoisotopic (exact) mass is 405 g/mol. The van der Waals surface area contributed by atoms with Crippen LogP contribution in [0.1, 0.15) is 35.7 Å². The van der Waals surface area contributed by atoms with Gasteiger partial charge < -0.3 is 10.6 Å². The lowest BCUT2D eigenvalue weighted by molar-refractivity contribution is -0.118. The number of hydrogen-bond donors (Lipinski definition) is 1. The van der Waals surface area contributed by atoms with Crippen molar-refractivity contribution in [1.29, 1.82) is 0 Å². The van der Waals surface area contributed by atoms with Crippen molar-refractivity contribution in [3.63, 3.8) is 0 Å². The van der Waals surface area contributed by atoms with Gasteiger partial charge >= 0.3 is 0 Å². The number of aromatic nitrogens is 1. The van der Waals surface area contributed by atoms with Crippen LogP contribution in [0.25, 0.3) is 11.1 Å². The highest BCUT2D eigenvalue weighted by Crippen LogP contribution is 2.26. The molecule has 0 aliphatic carbocycles. The van der Waals surface area contributed by atoms with E-state index < -0.39 is 5.82 Å². The molecule has 0 aliphatic heterocycles. The summed E-state index contributed by atoms with van der Waals surface area (Å²) in [5.74, 6) is -0.154. The molecular weight excluding hydrogens is 381 g/mol. The number of halogens is 1. The normalized spacial score (nSPS) is 10.6. The van der Waals surface area contributed by atoms with Gasteiger partial charge in [-0.3, -0.25) is 9.59 Å². The van der Waals surface area contributed by atoms with Gasteiger partial charge in [0.2, 0.25) is 5.91 Å². The second-order valence-electron chi connectivity index (χ2n) is 7.06. The fraction of sp³-hybridized carbons (Fsp3) is 0.208. The Balaban J connectivity index is 1.70. The number of anilines is 2. The van der Waals surface area contributed by atoms with Crippen LogP contribution >= 0.6 is 0 Å². The maximum Gasteiger partial charge on any atom is 0.226 e. The summed E-state index contributed by atoms with van der Waals surface area (Å²) in [4.78, 5) is 29.8. The molecule has 30 heavy (non-hydrogen) atoms. The maximum atomic E-state index is 14.7. The number of carbonyl (C=O) groups is 2. The van der Waals surface area contributed by atoms with E-state index in [-0.39, 0.29) is 18.1 Å². The fourth-order valence-corrected chi connectivity index (χ4v) is 3.15. The molecule has 0 saturated heterocycles. The Morgan fingerprint density at radius 1 is 1.07 bits per heavy atom. The van der Waals surface area contributed by atoms with Crippen LogP contribution in [-0.2, 0) is 11.2 Å². The van der Waals surface area contributed by atoms with Crippen molar-refractivity contribution in [2.24, 2.45) is 0 Å². The van der Waals surface area contributed by atoms with Crippen molar-refractivity contribution in [2.75, 3.05) is 17.7 Å². The zero-order valence-corrected chi connectivity index (χ0v) is 17.1. The third-order valence-corrected chi connectivity index (χ3v) is 5.02. The minimum Gasteiger partial charge on any atom is -0.384 e. The van der Waals surface area contributed by atoms with Crippen LogP contribution in [0.4, 0.5) is 15.9 Å². The molecule has 0 bridgehead atoms. The molecule has 0 aliphatic rings. The first kappa shape index (κ1) is 21.2. The number of nitrogens with zero attached hydrogens (tertiary/aromatic N) is 2. The predicted octanol–water partition coefficient (Wildman–Crippen LogP) is 4.66. The zero-order valence-electron chi connectivity index (χ0n) is 17.1. The summed E-state index contributed by atoms with van der Waals surface area (Å²) in [5.41, 5.74) is 8.63. The molecule has 154 valence electrons. The second-order valence-corrected chi connectivity index (χ2v) is 7.06. The van der Waals surface area contributed by atoms with E-state index in [0.717, 1.165) is 11.3 Å². The molecule has 0 radical (unpaired) electrons. The molecule has 0 saturated carbocycles. The molecule has 6 heteroatoms. The molecule has 3 aromatic rings. The third kappa shape index (κ3) is 4.89. The van der Waals surface area contributed by atoms with Crippen LogP contribution in [0.3, 0.4) is 0 Å². The van der Waals surface area contributed by atoms with Crippen molar-refractivity contribution in [3.8, 4) is 11.1 Å². The molecule has 1 amide bonds. The first-order chi connectivity index (χ1) is 14.4. The molecular formula is C24H24FN3O2. The Labute approximate surface area is 175 Å². The molecule has 1 aromatic heterocycles. The highest BCUT2D eigenvalue weighted by atomic mass is 19.1. The van der Waals surface area contributed by atoms with E-state index in [4.69, 9.17) is 5.73 Å². The number of nitrogens with two attached hydrogens (primary N) is 1. The molecule has 2 N–H and O–H groups in total. The number of benzene rings is 2. The lowest BCUT2D eigenvalue weighted by Crippen LogP contribution is -2.24. The Morgan fingerprint density at radius 3 is 2.40 bits per heavy atom. The number of Topliss-reactive ketones (excluding diaryl/α,β-unsaturated/α-hetero) is 1. The molecule has 3 rings (SSSR count). The van der Waals surface area contributed by atoms with Gasteiger partial charge in [-0.1, -0.05) is 37.3 Å². The van der Waals surface area contributed by atoms with Gasteiger partial charge in [0.05, 0.1) is 0 Å². The van der Waals surface area contributed by atoms with Crippen LogP contribution in [0.15, 0.2) is 60.8 Å². The number of ketones is 1. The average molecular weight is 405 g/mol. The van der Waals surface area contributed by atoms with Crippen molar-refractivity contribution in [1.82, 2.24) is 4.98 Å². The van der Waals surface area contributed by atoms with Crippen molar-refractivity contribution in [3.05, 3.63) is 77.7 Å². The molecule has 0 unspecified atom stereocenters. The number of hydrogen-bond acceptors (Lipinski definition) is 4. The smallest absolute Gasteiger partial charge is 0.226 e. The van der Waals surface area contributed by atoms with Crippen LogP contribution in [0, 0.1) is 5.82 Å². The Hall–Kier alpha value is -3.54. The second kappa shape index (κ2) is 9.31. The quantitative estimate of drug-likeness (QED) is 0.580. The summed E-state index contributed by atoms with van der Waals surface area (Å²) in [6.45, 7) is 1.80. The van der Waals surface area contributed by atoms with E-state index in [1.807, 2.05) is 6.07 Å². The van der Waals surface area contributed by atoms with E-state index in [9.17, 15) is 14.0 Å². The van der Waals surface area contributed by atoms with Gasteiger partial charge in [0, 0.05) is 42.9 Å². The van der Waals surface area contributed by atoms with Gasteiger partial charge in [0.15, 0.2) is 5.78 Å².